The molecule has 0 spiro atoms. The Morgan fingerprint density at radius 1 is 1.27 bits per heavy atom. The Morgan fingerprint density at radius 2 is 2.05 bits per heavy atom. The number of amides is 2. The van der Waals surface area contributed by atoms with Crippen molar-refractivity contribution in [3.63, 3.8) is 0 Å². The summed E-state index contributed by atoms with van der Waals surface area (Å²) in [5.74, 6) is 0.166. The van der Waals surface area contributed by atoms with Crippen LogP contribution in [0.5, 0.6) is 0 Å². The maximum Gasteiger partial charge on any atom is 0.253 e. The number of nitrogens with zero attached hydrogens (tertiary/aromatic N) is 1. The normalized spacial score (nSPS) is 10.9. The van der Waals surface area contributed by atoms with E-state index in [1.165, 1.54) is 0 Å². The van der Waals surface area contributed by atoms with Crippen LogP contribution in [0.3, 0.4) is 0 Å². The Hall–Kier alpha value is -2.37. The van der Waals surface area contributed by atoms with Gasteiger partial charge in [-0.15, -0.1) is 0 Å². The highest BCUT2D eigenvalue weighted by Crippen LogP contribution is 2.18. The standard InChI is InChI=1S/C16H22N4O2/c1-10(2)8-18-14(21)4-5-17-16(22)13-7-11(3)6-12-9-19-20-15(12)13/h6-7,9-10H,4-5,8H2,1-3H3,(H,17,22)(H,18,21)(H,19,20). The fourth-order valence-electron chi connectivity index (χ4n) is 2.18. The van der Waals surface area contributed by atoms with Crippen LogP contribution in [0.25, 0.3) is 10.9 Å². The van der Waals surface area contributed by atoms with Gasteiger partial charge in [0.25, 0.3) is 5.91 Å². The summed E-state index contributed by atoms with van der Waals surface area (Å²) in [4.78, 5) is 23.9. The van der Waals surface area contributed by atoms with Crippen LogP contribution in [0, 0.1) is 12.8 Å². The van der Waals surface area contributed by atoms with E-state index in [0.717, 1.165) is 10.9 Å². The van der Waals surface area contributed by atoms with E-state index in [2.05, 4.69) is 20.8 Å². The number of aromatic amines is 1. The minimum absolute atomic E-state index is 0.0510. The van der Waals surface area contributed by atoms with E-state index < -0.39 is 0 Å². The Morgan fingerprint density at radius 3 is 2.77 bits per heavy atom. The summed E-state index contributed by atoms with van der Waals surface area (Å²) in [5, 5.41) is 13.3. The second-order valence-corrected chi connectivity index (χ2v) is 5.85. The quantitative estimate of drug-likeness (QED) is 0.760. The number of H-pyrrole nitrogens is 1. The van der Waals surface area contributed by atoms with Gasteiger partial charge in [-0.3, -0.25) is 14.7 Å². The third-order valence-corrected chi connectivity index (χ3v) is 3.28. The molecular formula is C16H22N4O2. The van der Waals surface area contributed by atoms with E-state index in [0.29, 0.717) is 30.1 Å². The highest BCUT2D eigenvalue weighted by molar-refractivity contribution is 6.05. The summed E-state index contributed by atoms with van der Waals surface area (Å²) in [6.07, 6.45) is 1.97. The number of rotatable bonds is 6. The van der Waals surface area contributed by atoms with Crippen LogP contribution in [-0.4, -0.2) is 35.1 Å². The molecule has 0 saturated carbocycles. The highest BCUT2D eigenvalue weighted by Gasteiger charge is 2.12. The molecule has 0 aliphatic carbocycles. The molecular weight excluding hydrogens is 280 g/mol. The van der Waals surface area contributed by atoms with Crippen LogP contribution in [0.1, 0.15) is 36.2 Å². The number of carbonyl (C=O) groups excluding carboxylic acids is 2. The number of nitrogens with one attached hydrogen (secondary N) is 3. The average Bonchev–Trinajstić information content (AvgIpc) is 2.92. The molecule has 1 aromatic carbocycles. The first kappa shape index (κ1) is 16.0. The summed E-state index contributed by atoms with van der Waals surface area (Å²) in [6.45, 7) is 6.97. The number of aryl methyl sites for hydroxylation is 1. The zero-order chi connectivity index (χ0) is 16.1. The first-order chi connectivity index (χ1) is 10.5. The van der Waals surface area contributed by atoms with E-state index in [1.54, 1.807) is 6.20 Å². The van der Waals surface area contributed by atoms with Crippen molar-refractivity contribution < 1.29 is 9.59 Å². The second kappa shape index (κ2) is 7.06. The van der Waals surface area contributed by atoms with Gasteiger partial charge in [0.05, 0.1) is 17.3 Å². The smallest absolute Gasteiger partial charge is 0.253 e. The molecule has 1 heterocycles. The molecule has 0 saturated heterocycles. The number of carbonyl (C=O) groups is 2. The second-order valence-electron chi connectivity index (χ2n) is 5.85. The Kier molecular flexibility index (Phi) is 5.14. The van der Waals surface area contributed by atoms with Gasteiger partial charge in [0.15, 0.2) is 0 Å². The van der Waals surface area contributed by atoms with Crippen LogP contribution in [0.2, 0.25) is 0 Å². The molecule has 6 heteroatoms. The Bertz CT molecular complexity index is 676. The van der Waals surface area contributed by atoms with Crippen molar-refractivity contribution in [1.29, 1.82) is 0 Å². The minimum Gasteiger partial charge on any atom is -0.356 e. The van der Waals surface area contributed by atoms with Crippen LogP contribution >= 0.6 is 0 Å². The molecule has 0 radical (unpaired) electrons. The molecule has 118 valence electrons. The van der Waals surface area contributed by atoms with E-state index in [-0.39, 0.29) is 18.2 Å². The van der Waals surface area contributed by atoms with Crippen LogP contribution < -0.4 is 10.6 Å². The molecule has 0 bridgehead atoms. The van der Waals surface area contributed by atoms with Crippen LogP contribution in [-0.2, 0) is 4.79 Å². The number of aromatic nitrogens is 2. The zero-order valence-electron chi connectivity index (χ0n) is 13.2. The third-order valence-electron chi connectivity index (χ3n) is 3.28. The SMILES string of the molecule is Cc1cc(C(=O)NCCC(=O)NCC(C)C)c2[nH]ncc2c1. The minimum atomic E-state index is -0.199. The average molecular weight is 302 g/mol. The van der Waals surface area contributed by atoms with Gasteiger partial charge >= 0.3 is 0 Å². The van der Waals surface area contributed by atoms with Gasteiger partial charge in [-0.1, -0.05) is 13.8 Å². The van der Waals surface area contributed by atoms with E-state index >= 15 is 0 Å². The third kappa shape index (κ3) is 4.07. The van der Waals surface area contributed by atoms with Crippen LogP contribution in [0.15, 0.2) is 18.3 Å². The molecule has 2 rings (SSSR count). The van der Waals surface area contributed by atoms with E-state index in [1.807, 2.05) is 32.9 Å². The predicted molar refractivity (Wildman–Crippen MR) is 85.6 cm³/mol. The summed E-state index contributed by atoms with van der Waals surface area (Å²) in [6, 6.07) is 3.78. The predicted octanol–water partition coefficient (Wildman–Crippen LogP) is 1.76. The molecule has 0 aliphatic heterocycles. The Labute approximate surface area is 129 Å². The van der Waals surface area contributed by atoms with Gasteiger partial charge in [-0.25, -0.2) is 0 Å². The molecule has 0 atom stereocenters. The number of hydrogen-bond acceptors (Lipinski definition) is 3. The number of benzene rings is 1. The highest BCUT2D eigenvalue weighted by atomic mass is 16.2. The monoisotopic (exact) mass is 302 g/mol. The van der Waals surface area contributed by atoms with Crippen molar-refractivity contribution in [1.82, 2.24) is 20.8 Å². The fraction of sp³-hybridized carbons (Fsp3) is 0.438. The molecule has 1 aromatic heterocycles. The summed E-state index contributed by atoms with van der Waals surface area (Å²) >= 11 is 0. The molecule has 0 unspecified atom stereocenters. The lowest BCUT2D eigenvalue weighted by Gasteiger charge is -2.09. The molecule has 22 heavy (non-hydrogen) atoms. The van der Waals surface area contributed by atoms with E-state index in [9.17, 15) is 9.59 Å². The molecule has 3 N–H and O–H groups in total. The van der Waals surface area contributed by atoms with Gasteiger partial charge in [-0.05, 0) is 30.5 Å². The zero-order valence-corrected chi connectivity index (χ0v) is 13.2. The molecule has 0 fully saturated rings. The van der Waals surface area contributed by atoms with Gasteiger partial charge in [0, 0.05) is 24.9 Å². The van der Waals surface area contributed by atoms with Crippen molar-refractivity contribution in [3.05, 3.63) is 29.5 Å². The maximum atomic E-state index is 12.3. The van der Waals surface area contributed by atoms with E-state index in [4.69, 9.17) is 0 Å². The number of hydrogen-bond donors (Lipinski definition) is 3. The topological polar surface area (TPSA) is 86.9 Å². The van der Waals surface area contributed by atoms with Crippen molar-refractivity contribution in [2.75, 3.05) is 13.1 Å². The molecule has 2 amide bonds. The molecule has 2 aromatic rings. The van der Waals surface area contributed by atoms with Gasteiger partial charge in [-0.2, -0.15) is 5.10 Å². The lowest BCUT2D eigenvalue weighted by Crippen LogP contribution is -2.32. The van der Waals surface area contributed by atoms with Gasteiger partial charge in [0.2, 0.25) is 5.91 Å². The van der Waals surface area contributed by atoms with Crippen molar-refractivity contribution in [2.45, 2.75) is 27.2 Å². The number of fused-ring (bicyclic) bond motifs is 1. The molecule has 0 aliphatic rings. The lowest BCUT2D eigenvalue weighted by atomic mass is 10.1. The summed E-state index contributed by atoms with van der Waals surface area (Å²) in [7, 11) is 0. The molecule has 6 nitrogen and oxygen atoms in total. The maximum absolute atomic E-state index is 12.3. The first-order valence-electron chi connectivity index (χ1n) is 7.46. The van der Waals surface area contributed by atoms with Gasteiger partial charge < -0.3 is 10.6 Å². The fourth-order valence-corrected chi connectivity index (χ4v) is 2.18. The Balaban J connectivity index is 1.92. The van der Waals surface area contributed by atoms with Crippen molar-refractivity contribution in [3.8, 4) is 0 Å². The first-order valence-corrected chi connectivity index (χ1v) is 7.46. The van der Waals surface area contributed by atoms with Crippen molar-refractivity contribution >= 4 is 22.7 Å². The van der Waals surface area contributed by atoms with Crippen molar-refractivity contribution in [2.24, 2.45) is 5.92 Å². The summed E-state index contributed by atoms with van der Waals surface area (Å²) < 4.78 is 0. The van der Waals surface area contributed by atoms with Gasteiger partial charge in [0.1, 0.15) is 0 Å². The lowest BCUT2D eigenvalue weighted by molar-refractivity contribution is -0.121. The largest absolute Gasteiger partial charge is 0.356 e. The summed E-state index contributed by atoms with van der Waals surface area (Å²) in [5.41, 5.74) is 2.26. The van der Waals surface area contributed by atoms with Crippen LogP contribution in [0.4, 0.5) is 0 Å².